The van der Waals surface area contributed by atoms with Gasteiger partial charge in [-0.25, -0.2) is 4.79 Å². The van der Waals surface area contributed by atoms with Crippen LogP contribution in [-0.4, -0.2) is 39.5 Å². The molecule has 34 heavy (non-hydrogen) atoms. The lowest BCUT2D eigenvalue weighted by molar-refractivity contribution is -0.113. The minimum absolute atomic E-state index is 0.131. The molecule has 0 bridgehead atoms. The third kappa shape index (κ3) is 4.79. The summed E-state index contributed by atoms with van der Waals surface area (Å²) in [7, 11) is 3.23. The number of rotatable bonds is 7. The van der Waals surface area contributed by atoms with Crippen LogP contribution in [0.3, 0.4) is 0 Å². The Bertz CT molecular complexity index is 1350. The van der Waals surface area contributed by atoms with E-state index in [-0.39, 0.29) is 11.7 Å². The molecule has 0 aliphatic carbocycles. The minimum Gasteiger partial charge on any atom is -0.465 e. The van der Waals surface area contributed by atoms with Gasteiger partial charge >= 0.3 is 5.97 Å². The van der Waals surface area contributed by atoms with Crippen LogP contribution in [0.4, 0.5) is 5.00 Å². The van der Waals surface area contributed by atoms with Crippen LogP contribution in [-0.2, 0) is 16.6 Å². The molecule has 0 aliphatic rings. The van der Waals surface area contributed by atoms with Crippen LogP contribution in [0, 0.1) is 20.8 Å². The molecule has 0 saturated carbocycles. The number of esters is 1. The fourth-order valence-corrected chi connectivity index (χ4v) is 5.95. The normalized spacial score (nSPS) is 11.0. The SMILES string of the molecule is COC(=O)c1c(-c2ccc(C)cc2)csc1NC(=O)CSc1nnc(-c2csc(C)c2C)n1C. The monoisotopic (exact) mass is 512 g/mol. The van der Waals surface area contributed by atoms with Crippen molar-refractivity contribution in [2.75, 3.05) is 18.2 Å². The number of nitrogens with zero attached hydrogens (tertiary/aromatic N) is 3. The Kier molecular flexibility index (Phi) is 7.20. The highest BCUT2D eigenvalue weighted by Crippen LogP contribution is 2.36. The van der Waals surface area contributed by atoms with Gasteiger partial charge in [0.15, 0.2) is 11.0 Å². The summed E-state index contributed by atoms with van der Waals surface area (Å²) in [5.41, 5.74) is 5.35. The van der Waals surface area contributed by atoms with Crippen LogP contribution in [0.1, 0.15) is 26.4 Å². The van der Waals surface area contributed by atoms with E-state index in [2.05, 4.69) is 34.7 Å². The quantitative estimate of drug-likeness (QED) is 0.252. The average molecular weight is 513 g/mol. The molecule has 0 fully saturated rings. The summed E-state index contributed by atoms with van der Waals surface area (Å²) in [6.45, 7) is 6.16. The highest BCUT2D eigenvalue weighted by atomic mass is 32.2. The maximum absolute atomic E-state index is 12.8. The molecule has 1 N–H and O–H groups in total. The van der Waals surface area contributed by atoms with Crippen molar-refractivity contribution in [2.24, 2.45) is 7.05 Å². The van der Waals surface area contributed by atoms with E-state index in [9.17, 15) is 9.59 Å². The van der Waals surface area contributed by atoms with Crippen LogP contribution in [0.15, 0.2) is 40.2 Å². The molecule has 1 aromatic carbocycles. The molecule has 0 atom stereocenters. The molecule has 0 radical (unpaired) electrons. The molecule has 10 heteroatoms. The van der Waals surface area contributed by atoms with E-state index < -0.39 is 5.97 Å². The standard InChI is InChI=1S/C24H24N4O3S3/c1-13-6-8-16(9-7-13)18-11-33-22(20(18)23(30)31-5)25-19(29)12-34-24-27-26-21(28(24)4)17-10-32-15(3)14(17)2/h6-11H,12H2,1-5H3,(H,25,29). The average Bonchev–Trinajstić information content (AvgIpc) is 3.50. The number of anilines is 1. The van der Waals surface area contributed by atoms with E-state index in [0.29, 0.717) is 15.7 Å². The van der Waals surface area contributed by atoms with Gasteiger partial charge in [-0.15, -0.1) is 32.9 Å². The molecular formula is C24H24N4O3S3. The van der Waals surface area contributed by atoms with Gasteiger partial charge in [0.1, 0.15) is 10.6 Å². The molecule has 0 unspecified atom stereocenters. The van der Waals surface area contributed by atoms with E-state index in [1.165, 1.54) is 40.6 Å². The Morgan fingerprint density at radius 3 is 2.41 bits per heavy atom. The lowest BCUT2D eigenvalue weighted by Crippen LogP contribution is -2.16. The van der Waals surface area contributed by atoms with Gasteiger partial charge in [0.05, 0.1) is 12.9 Å². The van der Waals surface area contributed by atoms with Gasteiger partial charge in [0.25, 0.3) is 0 Å². The number of thioether (sulfide) groups is 1. The fourth-order valence-electron chi connectivity index (χ4n) is 3.40. The van der Waals surface area contributed by atoms with Crippen molar-refractivity contribution in [2.45, 2.75) is 25.9 Å². The third-order valence-corrected chi connectivity index (χ3v) is 8.42. The molecule has 0 aliphatic heterocycles. The van der Waals surface area contributed by atoms with Crippen LogP contribution < -0.4 is 5.32 Å². The van der Waals surface area contributed by atoms with Crippen LogP contribution in [0.5, 0.6) is 0 Å². The fraction of sp³-hybridized carbons (Fsp3) is 0.250. The zero-order chi connectivity index (χ0) is 24.4. The summed E-state index contributed by atoms with van der Waals surface area (Å²) < 4.78 is 6.89. The first-order chi connectivity index (χ1) is 16.3. The molecule has 3 aromatic heterocycles. The van der Waals surface area contributed by atoms with Gasteiger partial charge in [-0.2, -0.15) is 0 Å². The second kappa shape index (κ2) is 10.1. The van der Waals surface area contributed by atoms with Crippen molar-refractivity contribution in [3.05, 3.63) is 56.6 Å². The molecular weight excluding hydrogens is 488 g/mol. The predicted octanol–water partition coefficient (Wildman–Crippen LogP) is 5.71. The number of carbonyl (C=O) groups is 2. The number of carbonyl (C=O) groups excluding carboxylic acids is 2. The molecule has 0 saturated heterocycles. The number of benzene rings is 1. The number of thiophene rings is 2. The second-order valence-electron chi connectivity index (χ2n) is 7.74. The van der Waals surface area contributed by atoms with E-state index >= 15 is 0 Å². The number of aromatic nitrogens is 3. The van der Waals surface area contributed by atoms with Crippen LogP contribution in [0.25, 0.3) is 22.5 Å². The number of aryl methyl sites for hydroxylation is 2. The zero-order valence-electron chi connectivity index (χ0n) is 19.5. The Balaban J connectivity index is 1.49. The molecule has 4 aromatic rings. The first-order valence-corrected chi connectivity index (χ1v) is 13.2. The summed E-state index contributed by atoms with van der Waals surface area (Å²) in [5.74, 6) is 0.184. The number of hydrogen-bond donors (Lipinski definition) is 1. The number of amides is 1. The van der Waals surface area contributed by atoms with Gasteiger partial charge in [-0.05, 0) is 31.9 Å². The van der Waals surface area contributed by atoms with Crippen LogP contribution in [0.2, 0.25) is 0 Å². The van der Waals surface area contributed by atoms with Crippen molar-refractivity contribution < 1.29 is 14.3 Å². The maximum atomic E-state index is 12.8. The van der Waals surface area contributed by atoms with Crippen molar-refractivity contribution in [1.29, 1.82) is 0 Å². The Morgan fingerprint density at radius 2 is 1.76 bits per heavy atom. The topological polar surface area (TPSA) is 86.1 Å². The smallest absolute Gasteiger partial charge is 0.341 e. The summed E-state index contributed by atoms with van der Waals surface area (Å²) in [6, 6.07) is 7.87. The number of nitrogens with one attached hydrogen (secondary N) is 1. The molecule has 4 rings (SSSR count). The van der Waals surface area contributed by atoms with Gasteiger partial charge in [0, 0.05) is 33.8 Å². The van der Waals surface area contributed by atoms with E-state index in [4.69, 9.17) is 4.74 Å². The van der Waals surface area contributed by atoms with Gasteiger partial charge in [-0.3, -0.25) is 4.79 Å². The highest BCUT2D eigenvalue weighted by Gasteiger charge is 2.23. The van der Waals surface area contributed by atoms with Gasteiger partial charge in [-0.1, -0.05) is 41.6 Å². The van der Waals surface area contributed by atoms with Crippen molar-refractivity contribution in [3.8, 4) is 22.5 Å². The first-order valence-electron chi connectivity index (χ1n) is 10.4. The largest absolute Gasteiger partial charge is 0.465 e. The van der Waals surface area contributed by atoms with Crippen LogP contribution >= 0.6 is 34.4 Å². The second-order valence-corrected chi connectivity index (χ2v) is 10.6. The Labute approximate surface area is 210 Å². The Hall–Kier alpha value is -2.95. The summed E-state index contributed by atoms with van der Waals surface area (Å²) >= 11 is 4.28. The molecule has 7 nitrogen and oxygen atoms in total. The zero-order valence-corrected chi connectivity index (χ0v) is 21.9. The summed E-state index contributed by atoms with van der Waals surface area (Å²) in [6.07, 6.45) is 0. The maximum Gasteiger partial charge on any atom is 0.341 e. The summed E-state index contributed by atoms with van der Waals surface area (Å²) in [5, 5.41) is 16.5. The number of methoxy groups -OCH3 is 1. The number of hydrogen-bond acceptors (Lipinski definition) is 8. The van der Waals surface area contributed by atoms with Crippen molar-refractivity contribution in [1.82, 2.24) is 14.8 Å². The third-order valence-electron chi connectivity index (χ3n) is 5.49. The summed E-state index contributed by atoms with van der Waals surface area (Å²) in [4.78, 5) is 26.5. The molecule has 3 heterocycles. The first kappa shape index (κ1) is 24.2. The molecule has 0 spiro atoms. The lowest BCUT2D eigenvalue weighted by atomic mass is 10.0. The van der Waals surface area contributed by atoms with Gasteiger partial charge in [0.2, 0.25) is 5.91 Å². The van der Waals surface area contributed by atoms with Crippen molar-refractivity contribution in [3.63, 3.8) is 0 Å². The molecule has 176 valence electrons. The van der Waals surface area contributed by atoms with E-state index in [0.717, 1.165) is 28.1 Å². The highest BCUT2D eigenvalue weighted by molar-refractivity contribution is 7.99. The van der Waals surface area contributed by atoms with E-state index in [1.54, 1.807) is 11.3 Å². The van der Waals surface area contributed by atoms with Crippen molar-refractivity contribution >= 4 is 51.3 Å². The number of ether oxygens (including phenoxy) is 1. The van der Waals surface area contributed by atoms with Gasteiger partial charge < -0.3 is 14.6 Å². The minimum atomic E-state index is -0.487. The molecule has 1 amide bonds. The predicted molar refractivity (Wildman–Crippen MR) is 139 cm³/mol. The Morgan fingerprint density at radius 1 is 1.06 bits per heavy atom. The van der Waals surface area contributed by atoms with E-state index in [1.807, 2.05) is 48.2 Å². The lowest BCUT2D eigenvalue weighted by Gasteiger charge is -2.08.